The number of aromatic nitrogens is 2. The molecule has 2 aliphatic rings. The van der Waals surface area contributed by atoms with E-state index in [2.05, 4.69) is 146 Å². The normalized spacial score (nSPS) is 14.4. The molecular formula is C46H36N2. The summed E-state index contributed by atoms with van der Waals surface area (Å²) in [6.45, 7) is 0. The predicted molar refractivity (Wildman–Crippen MR) is 199 cm³/mol. The average Bonchev–Trinajstić information content (AvgIpc) is 3.44. The molecule has 0 unspecified atom stereocenters. The Balaban J connectivity index is 1.14. The maximum atomic E-state index is 5.10. The molecular weight excluding hydrogens is 581 g/mol. The largest absolute Gasteiger partial charge is 0.228 e. The third-order valence-corrected chi connectivity index (χ3v) is 10.5. The van der Waals surface area contributed by atoms with Crippen molar-refractivity contribution < 1.29 is 0 Å². The quantitative estimate of drug-likeness (QED) is 0.192. The van der Waals surface area contributed by atoms with Crippen LogP contribution in [0.3, 0.4) is 0 Å². The first-order valence-corrected chi connectivity index (χ1v) is 17.2. The van der Waals surface area contributed by atoms with Gasteiger partial charge in [0.25, 0.3) is 0 Å². The molecule has 1 spiro atoms. The summed E-state index contributed by atoms with van der Waals surface area (Å²) in [5.74, 6) is 0.728. The molecule has 0 amide bonds. The van der Waals surface area contributed by atoms with E-state index in [0.717, 1.165) is 39.5 Å². The second-order valence-corrected chi connectivity index (χ2v) is 13.3. The van der Waals surface area contributed by atoms with Gasteiger partial charge >= 0.3 is 0 Å². The van der Waals surface area contributed by atoms with Crippen LogP contribution in [0.4, 0.5) is 0 Å². The number of rotatable bonds is 5. The fourth-order valence-corrected chi connectivity index (χ4v) is 8.27. The van der Waals surface area contributed by atoms with Gasteiger partial charge in [0.2, 0.25) is 0 Å². The van der Waals surface area contributed by atoms with Crippen LogP contribution < -0.4 is 0 Å². The van der Waals surface area contributed by atoms with E-state index in [9.17, 15) is 0 Å². The SMILES string of the molecule is c1ccc(-c2cc(-c3ccccc3)nc(-c3cccc(-c4cccc(-c5cccc6c5C5(CCCCC5)c5ccccc5-6)c4)c3)n2)cc1. The zero-order valence-corrected chi connectivity index (χ0v) is 26.9. The lowest BCUT2D eigenvalue weighted by Gasteiger charge is -2.37. The second kappa shape index (κ2) is 11.9. The molecule has 0 saturated heterocycles. The summed E-state index contributed by atoms with van der Waals surface area (Å²) in [5.41, 5.74) is 16.0. The van der Waals surface area contributed by atoms with Crippen LogP contribution in [0.5, 0.6) is 0 Å². The number of nitrogens with zero attached hydrogens (tertiary/aromatic N) is 2. The monoisotopic (exact) mass is 616 g/mol. The van der Waals surface area contributed by atoms with Crippen LogP contribution in [0.15, 0.2) is 158 Å². The zero-order chi connectivity index (χ0) is 31.9. The Kier molecular flexibility index (Phi) is 7.08. The highest BCUT2D eigenvalue weighted by Gasteiger charge is 2.45. The summed E-state index contributed by atoms with van der Waals surface area (Å²) in [6, 6.07) is 56.8. The Morgan fingerprint density at radius 3 is 1.56 bits per heavy atom. The predicted octanol–water partition coefficient (Wildman–Crippen LogP) is 12.0. The van der Waals surface area contributed by atoms with Gasteiger partial charge in [-0.2, -0.15) is 0 Å². The molecule has 0 aliphatic heterocycles. The summed E-state index contributed by atoms with van der Waals surface area (Å²) in [5, 5.41) is 0. The second-order valence-electron chi connectivity index (χ2n) is 13.3. The summed E-state index contributed by atoms with van der Waals surface area (Å²) in [7, 11) is 0. The van der Waals surface area contributed by atoms with Crippen molar-refractivity contribution in [2.45, 2.75) is 37.5 Å². The van der Waals surface area contributed by atoms with Crippen LogP contribution in [0.25, 0.3) is 67.3 Å². The van der Waals surface area contributed by atoms with Gasteiger partial charge in [0.15, 0.2) is 5.82 Å². The lowest BCUT2D eigenvalue weighted by Crippen LogP contribution is -2.28. The average molecular weight is 617 g/mol. The fourth-order valence-electron chi connectivity index (χ4n) is 8.27. The Morgan fingerprint density at radius 2 is 0.875 bits per heavy atom. The molecule has 6 aromatic carbocycles. The first-order valence-electron chi connectivity index (χ1n) is 17.2. The van der Waals surface area contributed by atoms with Gasteiger partial charge in [-0.3, -0.25) is 0 Å². The highest BCUT2D eigenvalue weighted by atomic mass is 14.9. The standard InChI is InChI=1S/C46H36N2/c1-4-15-32(16-5-1)42-31-43(33-17-6-2-7-18-33)48-45(47-42)37-22-13-20-35(30-37)34-19-12-21-36(29-34)38-24-14-25-40-39-23-8-9-26-41(39)46(44(38)40)27-10-3-11-28-46/h1-2,4-9,12-26,29-31H,3,10-11,27-28H2. The molecule has 1 saturated carbocycles. The first-order chi connectivity index (χ1) is 23.8. The molecule has 2 nitrogen and oxygen atoms in total. The van der Waals surface area contributed by atoms with Crippen molar-refractivity contribution in [3.8, 4) is 67.3 Å². The van der Waals surface area contributed by atoms with Gasteiger partial charge in [-0.05, 0) is 75.5 Å². The number of hydrogen-bond acceptors (Lipinski definition) is 2. The minimum absolute atomic E-state index is 0.105. The third kappa shape index (κ3) is 4.88. The van der Waals surface area contributed by atoms with E-state index in [1.165, 1.54) is 71.0 Å². The zero-order valence-electron chi connectivity index (χ0n) is 26.9. The first kappa shape index (κ1) is 28.6. The lowest BCUT2D eigenvalue weighted by molar-refractivity contribution is 0.353. The molecule has 0 atom stereocenters. The highest BCUT2D eigenvalue weighted by molar-refractivity contribution is 5.89. The van der Waals surface area contributed by atoms with Gasteiger partial charge in [0.1, 0.15) is 0 Å². The lowest BCUT2D eigenvalue weighted by atomic mass is 9.66. The molecule has 0 bridgehead atoms. The molecule has 1 aromatic heterocycles. The molecule has 2 aliphatic carbocycles. The van der Waals surface area contributed by atoms with E-state index in [1.54, 1.807) is 0 Å². The molecule has 9 rings (SSSR count). The Morgan fingerprint density at radius 1 is 0.375 bits per heavy atom. The Labute approximate surface area is 282 Å². The molecule has 0 N–H and O–H groups in total. The fraction of sp³-hybridized carbons (Fsp3) is 0.130. The molecule has 1 fully saturated rings. The van der Waals surface area contributed by atoms with Crippen LogP contribution >= 0.6 is 0 Å². The van der Waals surface area contributed by atoms with E-state index in [0.29, 0.717) is 0 Å². The van der Waals surface area contributed by atoms with Crippen LogP contribution in [-0.2, 0) is 5.41 Å². The summed E-state index contributed by atoms with van der Waals surface area (Å²) in [6.07, 6.45) is 6.35. The van der Waals surface area contributed by atoms with Crippen LogP contribution in [0.2, 0.25) is 0 Å². The summed E-state index contributed by atoms with van der Waals surface area (Å²) < 4.78 is 0. The minimum atomic E-state index is 0.105. The van der Waals surface area contributed by atoms with Crippen LogP contribution in [-0.4, -0.2) is 9.97 Å². The Bertz CT molecular complexity index is 2200. The van der Waals surface area contributed by atoms with Crippen LogP contribution in [0, 0.1) is 0 Å². The van der Waals surface area contributed by atoms with Gasteiger partial charge in [-0.25, -0.2) is 9.97 Å². The number of benzene rings is 6. The van der Waals surface area contributed by atoms with Gasteiger partial charge in [-0.1, -0.05) is 159 Å². The topological polar surface area (TPSA) is 25.8 Å². The van der Waals surface area contributed by atoms with E-state index in [-0.39, 0.29) is 5.41 Å². The summed E-state index contributed by atoms with van der Waals surface area (Å²) in [4.78, 5) is 10.2. The van der Waals surface area contributed by atoms with Crippen molar-refractivity contribution >= 4 is 0 Å². The van der Waals surface area contributed by atoms with E-state index < -0.39 is 0 Å². The van der Waals surface area contributed by atoms with Gasteiger partial charge in [0.05, 0.1) is 11.4 Å². The smallest absolute Gasteiger partial charge is 0.160 e. The maximum Gasteiger partial charge on any atom is 0.160 e. The Hall–Kier alpha value is -5.60. The number of fused-ring (bicyclic) bond motifs is 5. The molecule has 1 heterocycles. The van der Waals surface area contributed by atoms with Crippen molar-refractivity contribution in [2.24, 2.45) is 0 Å². The minimum Gasteiger partial charge on any atom is -0.228 e. The van der Waals surface area contributed by atoms with E-state index in [4.69, 9.17) is 9.97 Å². The van der Waals surface area contributed by atoms with Gasteiger partial charge in [0, 0.05) is 22.1 Å². The van der Waals surface area contributed by atoms with Crippen LogP contribution in [0.1, 0.15) is 43.2 Å². The highest BCUT2D eigenvalue weighted by Crippen LogP contribution is 2.58. The van der Waals surface area contributed by atoms with Crippen molar-refractivity contribution in [1.82, 2.24) is 9.97 Å². The maximum absolute atomic E-state index is 5.10. The van der Waals surface area contributed by atoms with E-state index >= 15 is 0 Å². The molecule has 7 aromatic rings. The van der Waals surface area contributed by atoms with E-state index in [1.807, 2.05) is 12.1 Å². The van der Waals surface area contributed by atoms with Gasteiger partial charge < -0.3 is 0 Å². The van der Waals surface area contributed by atoms with Crippen molar-refractivity contribution in [2.75, 3.05) is 0 Å². The van der Waals surface area contributed by atoms with Crippen molar-refractivity contribution in [1.29, 1.82) is 0 Å². The molecule has 230 valence electrons. The molecule has 0 radical (unpaired) electrons. The summed E-state index contributed by atoms with van der Waals surface area (Å²) >= 11 is 0. The molecule has 48 heavy (non-hydrogen) atoms. The van der Waals surface area contributed by atoms with Crippen molar-refractivity contribution in [3.63, 3.8) is 0 Å². The number of hydrogen-bond donors (Lipinski definition) is 0. The van der Waals surface area contributed by atoms with Gasteiger partial charge in [-0.15, -0.1) is 0 Å². The molecule has 2 heteroatoms. The van der Waals surface area contributed by atoms with Crippen molar-refractivity contribution in [3.05, 3.63) is 169 Å². The third-order valence-electron chi connectivity index (χ3n) is 10.5.